The Morgan fingerprint density at radius 3 is 3.10 bits per heavy atom. The Kier molecular flexibility index (Phi) is 0.990. The van der Waals surface area contributed by atoms with Crippen LogP contribution in [0, 0.1) is 0 Å². The highest BCUT2D eigenvalue weighted by molar-refractivity contribution is 5.18. The normalized spacial score (nSPS) is 17.7. The molecule has 2 heterocycles. The van der Waals surface area contributed by atoms with Crippen molar-refractivity contribution in [2.75, 3.05) is 7.05 Å². The van der Waals surface area contributed by atoms with Crippen LogP contribution in [0.25, 0.3) is 0 Å². The van der Waals surface area contributed by atoms with E-state index in [-0.39, 0.29) is 5.63 Å². The molecule has 0 radical (unpaired) electrons. The topological polar surface area (TPSA) is 49.2 Å². The fraction of sp³-hybridized carbons (Fsp3) is 0.500. The summed E-state index contributed by atoms with van der Waals surface area (Å²) in [5, 5.41) is 2.59. The predicted octanol–water partition coefficient (Wildman–Crippen LogP) is -0.0867. The van der Waals surface area contributed by atoms with Crippen LogP contribution < -0.4 is 5.63 Å². The summed E-state index contributed by atoms with van der Waals surface area (Å²) in [5.74, 6) is 0. The fourth-order valence-electron chi connectivity index (χ4n) is 1.24. The van der Waals surface area contributed by atoms with Gasteiger partial charge in [-0.3, -0.25) is 4.90 Å². The lowest BCUT2D eigenvalue weighted by Crippen LogP contribution is -2.11. The molecule has 0 amide bonds. The van der Waals surface area contributed by atoms with Crippen molar-refractivity contribution in [1.29, 1.82) is 0 Å². The van der Waals surface area contributed by atoms with Crippen LogP contribution in [0.15, 0.2) is 9.32 Å². The zero-order valence-electron chi connectivity index (χ0n) is 5.68. The minimum atomic E-state index is -0.223. The maximum atomic E-state index is 10.8. The molecular formula is C6H8N2O2. The smallest absolute Gasteiger partial charge is 0.338 e. The number of H-pyrrole nitrogens is 1. The first-order chi connectivity index (χ1) is 4.77. The van der Waals surface area contributed by atoms with Gasteiger partial charge >= 0.3 is 5.63 Å². The first-order valence-electron chi connectivity index (χ1n) is 3.15. The van der Waals surface area contributed by atoms with Crippen LogP contribution >= 0.6 is 0 Å². The molecular weight excluding hydrogens is 132 g/mol. The van der Waals surface area contributed by atoms with E-state index in [1.807, 2.05) is 7.05 Å². The van der Waals surface area contributed by atoms with Crippen LogP contribution in [0.3, 0.4) is 0 Å². The van der Waals surface area contributed by atoms with Gasteiger partial charge in [0, 0.05) is 13.1 Å². The van der Waals surface area contributed by atoms with Gasteiger partial charge in [0.2, 0.25) is 0 Å². The van der Waals surface area contributed by atoms with Crippen molar-refractivity contribution in [3.8, 4) is 0 Å². The van der Waals surface area contributed by atoms with Gasteiger partial charge in [-0.2, -0.15) is 0 Å². The third kappa shape index (κ3) is 0.623. The third-order valence-electron chi connectivity index (χ3n) is 1.73. The molecule has 0 atom stereocenters. The number of aromatic amines is 1. The number of hydrogen-bond donors (Lipinski definition) is 1. The quantitative estimate of drug-likeness (QED) is 0.548. The molecule has 4 nitrogen and oxygen atoms in total. The number of nitrogens with zero attached hydrogens (tertiary/aromatic N) is 1. The molecule has 0 unspecified atom stereocenters. The maximum Gasteiger partial charge on any atom is 0.362 e. The van der Waals surface area contributed by atoms with Crippen molar-refractivity contribution in [3.63, 3.8) is 0 Å². The molecule has 1 aliphatic rings. The summed E-state index contributed by atoms with van der Waals surface area (Å²) >= 11 is 0. The van der Waals surface area contributed by atoms with Crippen LogP contribution in [-0.4, -0.2) is 17.1 Å². The van der Waals surface area contributed by atoms with E-state index in [9.17, 15) is 4.79 Å². The molecule has 0 spiro atoms. The Morgan fingerprint density at radius 1 is 1.60 bits per heavy atom. The van der Waals surface area contributed by atoms with Gasteiger partial charge in [0.25, 0.3) is 0 Å². The number of aromatic nitrogens is 1. The second-order valence-corrected chi connectivity index (χ2v) is 2.62. The molecule has 0 bridgehead atoms. The van der Waals surface area contributed by atoms with Crippen molar-refractivity contribution in [2.24, 2.45) is 0 Å². The van der Waals surface area contributed by atoms with Gasteiger partial charge in [-0.25, -0.2) is 9.95 Å². The van der Waals surface area contributed by atoms with E-state index in [0.29, 0.717) is 6.54 Å². The summed E-state index contributed by atoms with van der Waals surface area (Å²) < 4.78 is 4.58. The van der Waals surface area contributed by atoms with E-state index < -0.39 is 0 Å². The lowest BCUT2D eigenvalue weighted by Gasteiger charge is -2.02. The second-order valence-electron chi connectivity index (χ2n) is 2.62. The average Bonchev–Trinajstić information content (AvgIpc) is 2.35. The van der Waals surface area contributed by atoms with E-state index >= 15 is 0 Å². The lowest BCUT2D eigenvalue weighted by atomic mass is 10.3. The summed E-state index contributed by atoms with van der Waals surface area (Å²) in [6.07, 6.45) is 0. The number of rotatable bonds is 0. The van der Waals surface area contributed by atoms with Gasteiger partial charge in [0.1, 0.15) is 0 Å². The number of nitrogens with one attached hydrogen (secondary N) is 1. The van der Waals surface area contributed by atoms with Crippen molar-refractivity contribution in [3.05, 3.63) is 21.7 Å². The molecule has 0 aromatic carbocycles. The van der Waals surface area contributed by atoms with Crippen molar-refractivity contribution < 1.29 is 4.52 Å². The van der Waals surface area contributed by atoms with Crippen LogP contribution in [-0.2, 0) is 13.1 Å². The van der Waals surface area contributed by atoms with E-state index in [1.165, 1.54) is 0 Å². The SMILES string of the molecule is CN1Cc2[nH]oc(=O)c2C1. The molecule has 1 aromatic heterocycles. The molecule has 0 aliphatic carbocycles. The number of fused-ring (bicyclic) bond motifs is 1. The first-order valence-corrected chi connectivity index (χ1v) is 3.15. The molecule has 2 rings (SSSR count). The summed E-state index contributed by atoms with van der Waals surface area (Å²) in [4.78, 5) is 12.9. The van der Waals surface area contributed by atoms with E-state index in [4.69, 9.17) is 0 Å². The van der Waals surface area contributed by atoms with Crippen LogP contribution in [0.4, 0.5) is 0 Å². The molecule has 1 N–H and O–H groups in total. The lowest BCUT2D eigenvalue weighted by molar-refractivity contribution is 0.312. The molecule has 1 aromatic rings. The number of hydrogen-bond acceptors (Lipinski definition) is 3. The van der Waals surface area contributed by atoms with Gasteiger partial charge < -0.3 is 4.52 Å². The summed E-state index contributed by atoms with van der Waals surface area (Å²) in [5.41, 5.74) is 1.48. The maximum absolute atomic E-state index is 10.8. The highest BCUT2D eigenvalue weighted by Crippen LogP contribution is 2.14. The van der Waals surface area contributed by atoms with Gasteiger partial charge in [0.05, 0.1) is 11.3 Å². The summed E-state index contributed by atoms with van der Waals surface area (Å²) in [6.45, 7) is 1.50. The molecule has 0 fully saturated rings. The van der Waals surface area contributed by atoms with Gasteiger partial charge in [-0.15, -0.1) is 0 Å². The minimum Gasteiger partial charge on any atom is -0.338 e. The Hall–Kier alpha value is -1.03. The predicted molar refractivity (Wildman–Crippen MR) is 34.5 cm³/mol. The van der Waals surface area contributed by atoms with Crippen molar-refractivity contribution in [2.45, 2.75) is 13.1 Å². The van der Waals surface area contributed by atoms with Crippen LogP contribution in [0.5, 0.6) is 0 Å². The zero-order valence-corrected chi connectivity index (χ0v) is 5.68. The molecule has 1 aliphatic heterocycles. The van der Waals surface area contributed by atoms with Crippen molar-refractivity contribution in [1.82, 2.24) is 10.1 Å². The summed E-state index contributed by atoms with van der Waals surface area (Å²) in [6, 6.07) is 0. The molecule has 0 saturated carbocycles. The zero-order chi connectivity index (χ0) is 7.14. The second kappa shape index (κ2) is 1.73. The standard InChI is InChI=1S/C6H8N2O2/c1-8-2-4-5(3-8)7-10-6(4)9/h7H,2-3H2,1H3. The van der Waals surface area contributed by atoms with E-state index in [0.717, 1.165) is 17.8 Å². The van der Waals surface area contributed by atoms with Crippen LogP contribution in [0.1, 0.15) is 11.3 Å². The Labute approximate surface area is 57.4 Å². The highest BCUT2D eigenvalue weighted by Gasteiger charge is 2.21. The largest absolute Gasteiger partial charge is 0.362 e. The van der Waals surface area contributed by atoms with E-state index in [1.54, 1.807) is 0 Å². The molecule has 0 saturated heterocycles. The minimum absolute atomic E-state index is 0.223. The first kappa shape index (κ1) is 5.73. The Morgan fingerprint density at radius 2 is 2.40 bits per heavy atom. The van der Waals surface area contributed by atoms with E-state index in [2.05, 4.69) is 14.6 Å². The average molecular weight is 140 g/mol. The monoisotopic (exact) mass is 140 g/mol. The Balaban J connectivity index is 2.53. The van der Waals surface area contributed by atoms with Gasteiger partial charge in [0.15, 0.2) is 0 Å². The fourth-order valence-corrected chi connectivity index (χ4v) is 1.24. The summed E-state index contributed by atoms with van der Waals surface area (Å²) in [7, 11) is 1.97. The van der Waals surface area contributed by atoms with Gasteiger partial charge in [-0.1, -0.05) is 0 Å². The Bertz CT molecular complexity index is 299. The highest BCUT2D eigenvalue weighted by atomic mass is 16.5. The molecule has 4 heteroatoms. The third-order valence-corrected chi connectivity index (χ3v) is 1.73. The molecule has 54 valence electrons. The van der Waals surface area contributed by atoms with Crippen molar-refractivity contribution >= 4 is 0 Å². The molecule has 10 heavy (non-hydrogen) atoms. The van der Waals surface area contributed by atoms with Crippen LogP contribution in [0.2, 0.25) is 0 Å². The van der Waals surface area contributed by atoms with Gasteiger partial charge in [-0.05, 0) is 7.05 Å².